The van der Waals surface area contributed by atoms with Crippen molar-refractivity contribution in [2.45, 2.75) is 38.3 Å². The van der Waals surface area contributed by atoms with Crippen molar-refractivity contribution in [3.63, 3.8) is 0 Å². The van der Waals surface area contributed by atoms with Crippen molar-refractivity contribution in [1.82, 2.24) is 4.72 Å². The fraction of sp³-hybridized carbons (Fsp3) is 0.333. The molecule has 3 N–H and O–H groups in total. The largest absolute Gasteiger partial charge is 0.326 e. The standard InChI is InChI=1S/C15H20N2O2S2/c1-3-12-4-5-14(8-13(12)9-16)21(18,19)17-10-15-11(2)6-7-20-15/h4-8,17H,3,9-10,16H2,1-2H3. The minimum Gasteiger partial charge on any atom is -0.326 e. The highest BCUT2D eigenvalue weighted by atomic mass is 32.2. The topological polar surface area (TPSA) is 72.2 Å². The van der Waals surface area contributed by atoms with Gasteiger partial charge in [0.1, 0.15) is 0 Å². The van der Waals surface area contributed by atoms with Crippen molar-refractivity contribution in [2.75, 3.05) is 0 Å². The van der Waals surface area contributed by atoms with Crippen LogP contribution >= 0.6 is 11.3 Å². The van der Waals surface area contributed by atoms with Crippen LogP contribution < -0.4 is 10.5 Å². The molecule has 0 aliphatic rings. The minimum atomic E-state index is -3.51. The molecule has 2 aromatic rings. The van der Waals surface area contributed by atoms with Gasteiger partial charge in [-0.25, -0.2) is 13.1 Å². The Bertz CT molecular complexity index is 721. The van der Waals surface area contributed by atoms with Crippen LogP contribution in [0.2, 0.25) is 0 Å². The number of sulfonamides is 1. The molecule has 0 saturated heterocycles. The zero-order valence-electron chi connectivity index (χ0n) is 12.2. The SMILES string of the molecule is CCc1ccc(S(=O)(=O)NCc2sccc2C)cc1CN. The summed E-state index contributed by atoms with van der Waals surface area (Å²) in [5.41, 5.74) is 8.77. The fourth-order valence-electron chi connectivity index (χ4n) is 2.13. The van der Waals surface area contributed by atoms with E-state index >= 15 is 0 Å². The van der Waals surface area contributed by atoms with Crippen LogP contribution in [0.15, 0.2) is 34.5 Å². The van der Waals surface area contributed by atoms with E-state index in [0.717, 1.165) is 28.0 Å². The summed E-state index contributed by atoms with van der Waals surface area (Å²) < 4.78 is 27.4. The highest BCUT2D eigenvalue weighted by Crippen LogP contribution is 2.19. The number of rotatable bonds is 6. The number of benzene rings is 1. The van der Waals surface area contributed by atoms with Gasteiger partial charge in [0.15, 0.2) is 0 Å². The van der Waals surface area contributed by atoms with E-state index in [1.54, 1.807) is 23.5 Å². The van der Waals surface area contributed by atoms with E-state index in [-0.39, 0.29) is 4.90 Å². The molecule has 0 saturated carbocycles. The Kier molecular flexibility index (Phi) is 5.16. The molecule has 1 aromatic carbocycles. The van der Waals surface area contributed by atoms with Gasteiger partial charge in [0.25, 0.3) is 0 Å². The molecule has 4 nitrogen and oxygen atoms in total. The van der Waals surface area contributed by atoms with Gasteiger partial charge < -0.3 is 5.73 Å². The minimum absolute atomic E-state index is 0.273. The third-order valence-electron chi connectivity index (χ3n) is 3.48. The molecule has 2 rings (SSSR count). The molecular weight excluding hydrogens is 304 g/mol. The van der Waals surface area contributed by atoms with Gasteiger partial charge in [-0.3, -0.25) is 0 Å². The second-order valence-electron chi connectivity index (χ2n) is 4.84. The van der Waals surface area contributed by atoms with E-state index in [1.807, 2.05) is 31.4 Å². The Labute approximate surface area is 130 Å². The molecule has 1 heterocycles. The predicted molar refractivity (Wildman–Crippen MR) is 86.8 cm³/mol. The zero-order valence-corrected chi connectivity index (χ0v) is 13.9. The maximum absolute atomic E-state index is 12.4. The van der Waals surface area contributed by atoms with E-state index in [9.17, 15) is 8.42 Å². The quantitative estimate of drug-likeness (QED) is 0.858. The Morgan fingerprint density at radius 2 is 2.00 bits per heavy atom. The summed E-state index contributed by atoms with van der Waals surface area (Å²) in [6.45, 7) is 4.67. The van der Waals surface area contributed by atoms with Crippen LogP contribution in [0.1, 0.15) is 28.5 Å². The number of aryl methyl sites for hydroxylation is 2. The summed E-state index contributed by atoms with van der Waals surface area (Å²) in [5.74, 6) is 0. The van der Waals surface area contributed by atoms with E-state index in [4.69, 9.17) is 5.73 Å². The van der Waals surface area contributed by atoms with Gasteiger partial charge in [0.05, 0.1) is 4.90 Å². The summed E-state index contributed by atoms with van der Waals surface area (Å²) in [6, 6.07) is 7.13. The Balaban J connectivity index is 2.21. The highest BCUT2D eigenvalue weighted by Gasteiger charge is 2.16. The Hall–Kier alpha value is -1.21. The normalized spacial score (nSPS) is 11.8. The summed E-state index contributed by atoms with van der Waals surface area (Å²) in [5, 5.41) is 1.96. The molecule has 0 aliphatic carbocycles. The van der Waals surface area contributed by atoms with Crippen LogP contribution in [0.25, 0.3) is 0 Å². The summed E-state index contributed by atoms with van der Waals surface area (Å²) >= 11 is 1.55. The van der Waals surface area contributed by atoms with E-state index in [1.165, 1.54) is 0 Å². The third kappa shape index (κ3) is 3.71. The number of hydrogen-bond acceptors (Lipinski definition) is 4. The molecule has 0 atom stereocenters. The first-order valence-corrected chi connectivity index (χ1v) is 9.18. The molecule has 1 aromatic heterocycles. The smallest absolute Gasteiger partial charge is 0.240 e. The third-order valence-corrected chi connectivity index (χ3v) is 5.90. The molecule has 0 radical (unpaired) electrons. The van der Waals surface area contributed by atoms with Gasteiger partial charge in [-0.15, -0.1) is 11.3 Å². The van der Waals surface area contributed by atoms with Crippen molar-refractivity contribution in [2.24, 2.45) is 5.73 Å². The monoisotopic (exact) mass is 324 g/mol. The second kappa shape index (κ2) is 6.70. The van der Waals surface area contributed by atoms with Crippen molar-refractivity contribution in [3.8, 4) is 0 Å². The van der Waals surface area contributed by atoms with Crippen LogP contribution in [0.4, 0.5) is 0 Å². The number of nitrogens with one attached hydrogen (secondary N) is 1. The summed E-state index contributed by atoms with van der Waals surface area (Å²) in [6.07, 6.45) is 0.842. The van der Waals surface area contributed by atoms with Crippen LogP contribution in [0.3, 0.4) is 0 Å². The number of thiophene rings is 1. The van der Waals surface area contributed by atoms with Crippen molar-refractivity contribution >= 4 is 21.4 Å². The Morgan fingerprint density at radius 3 is 2.57 bits per heavy atom. The molecule has 0 aliphatic heterocycles. The van der Waals surface area contributed by atoms with Gasteiger partial charge in [-0.1, -0.05) is 13.0 Å². The molecule has 0 amide bonds. The molecule has 6 heteroatoms. The molecule has 0 fully saturated rings. The van der Waals surface area contributed by atoms with Gasteiger partial charge in [-0.05, 0) is 53.6 Å². The number of hydrogen-bond donors (Lipinski definition) is 2. The van der Waals surface area contributed by atoms with E-state index < -0.39 is 10.0 Å². The van der Waals surface area contributed by atoms with Gasteiger partial charge in [-0.2, -0.15) is 0 Å². The molecule has 0 bridgehead atoms. The lowest BCUT2D eigenvalue weighted by Crippen LogP contribution is -2.23. The summed E-state index contributed by atoms with van der Waals surface area (Å²) in [4.78, 5) is 1.30. The molecule has 0 spiro atoms. The first-order chi connectivity index (χ1) is 9.97. The van der Waals surface area contributed by atoms with Gasteiger partial charge in [0, 0.05) is 18.0 Å². The lowest BCUT2D eigenvalue weighted by molar-refractivity contribution is 0.581. The lowest BCUT2D eigenvalue weighted by atomic mass is 10.1. The maximum atomic E-state index is 12.4. The second-order valence-corrected chi connectivity index (χ2v) is 7.61. The zero-order chi connectivity index (χ0) is 15.5. The van der Waals surface area contributed by atoms with Crippen molar-refractivity contribution < 1.29 is 8.42 Å². The highest BCUT2D eigenvalue weighted by molar-refractivity contribution is 7.89. The molecular formula is C15H20N2O2S2. The first-order valence-electron chi connectivity index (χ1n) is 6.82. The average Bonchev–Trinajstić information content (AvgIpc) is 2.89. The summed E-state index contributed by atoms with van der Waals surface area (Å²) in [7, 11) is -3.51. The predicted octanol–water partition coefficient (Wildman–Crippen LogP) is 2.56. The van der Waals surface area contributed by atoms with Crippen molar-refractivity contribution in [1.29, 1.82) is 0 Å². The van der Waals surface area contributed by atoms with Crippen LogP contribution in [0, 0.1) is 6.92 Å². The first kappa shape index (κ1) is 16.2. The maximum Gasteiger partial charge on any atom is 0.240 e. The van der Waals surface area contributed by atoms with Gasteiger partial charge in [0.2, 0.25) is 10.0 Å². The fourth-order valence-corrected chi connectivity index (χ4v) is 4.12. The lowest BCUT2D eigenvalue weighted by Gasteiger charge is -2.10. The van der Waals surface area contributed by atoms with Crippen LogP contribution in [0.5, 0.6) is 0 Å². The van der Waals surface area contributed by atoms with Gasteiger partial charge >= 0.3 is 0 Å². The molecule has 114 valence electrons. The van der Waals surface area contributed by atoms with E-state index in [0.29, 0.717) is 13.1 Å². The Morgan fingerprint density at radius 1 is 1.24 bits per heavy atom. The van der Waals surface area contributed by atoms with Crippen LogP contribution in [-0.4, -0.2) is 8.42 Å². The molecule has 0 unspecified atom stereocenters. The van der Waals surface area contributed by atoms with Crippen LogP contribution in [-0.2, 0) is 29.5 Å². The van der Waals surface area contributed by atoms with Crippen molar-refractivity contribution in [3.05, 3.63) is 51.2 Å². The average molecular weight is 324 g/mol. The molecule has 21 heavy (non-hydrogen) atoms. The van der Waals surface area contributed by atoms with E-state index in [2.05, 4.69) is 4.72 Å². The number of nitrogens with two attached hydrogens (primary N) is 1.